The molecule has 0 atom stereocenters. The third-order valence-electron chi connectivity index (χ3n) is 0. The number of hydrogen-bond donors (Lipinski definition) is 0. The van der Waals surface area contributed by atoms with Crippen LogP contribution in [0.25, 0.3) is 0 Å². The van der Waals surface area contributed by atoms with Gasteiger partial charge in [-0.2, -0.15) is 0 Å². The van der Waals surface area contributed by atoms with Gasteiger partial charge in [-0.25, -0.2) is 0 Å². The fraction of sp³-hybridized carbons (Fsp3) is 0. The van der Waals surface area contributed by atoms with Crippen molar-refractivity contribution >= 4 is 6.16 Å². The molecular weight excluding hydrogens is 215 g/mol. The van der Waals surface area contributed by atoms with Crippen molar-refractivity contribution in [2.75, 3.05) is 0 Å². The molecule has 0 fully saturated rings. The molecule has 0 aliphatic heterocycles. The predicted octanol–water partition coefficient (Wildman–Crippen LogP) is -3.27. The third kappa shape index (κ3) is 288. The summed E-state index contributed by atoms with van der Waals surface area (Å²) >= 11 is 0. The molecule has 0 spiro atoms. The molecule has 4 nitrogen and oxygen atoms in total. The number of rotatable bonds is 0. The van der Waals surface area contributed by atoms with Crippen LogP contribution in [0.15, 0.2) is 0 Å². The summed E-state index contributed by atoms with van der Waals surface area (Å²) < 4.78 is 0. The van der Waals surface area contributed by atoms with Crippen LogP contribution in [-0.4, -0.2) is 11.6 Å². The van der Waals surface area contributed by atoms with Gasteiger partial charge in [0.15, 0.2) is 0 Å². The van der Waals surface area contributed by atoms with Gasteiger partial charge in [0.1, 0.15) is 0 Å². The summed E-state index contributed by atoms with van der Waals surface area (Å²) in [6.45, 7) is 0. The molecule has 0 aliphatic rings. The molecule has 0 amide bonds. The molecule has 0 bridgehead atoms. The van der Waals surface area contributed by atoms with E-state index in [1.807, 2.05) is 0 Å². The van der Waals surface area contributed by atoms with Crippen LogP contribution in [0.3, 0.4) is 0 Å². The summed E-state index contributed by atoms with van der Waals surface area (Å²) in [5.41, 5.74) is 0. The fourth-order valence-electron chi connectivity index (χ4n) is 0. The van der Waals surface area contributed by atoms with Gasteiger partial charge in [-0.3, -0.25) is 0 Å². The van der Waals surface area contributed by atoms with Crippen LogP contribution in [0.2, 0.25) is 0 Å². The van der Waals surface area contributed by atoms with E-state index in [0.29, 0.717) is 0 Å². The van der Waals surface area contributed by atoms with Crippen LogP contribution < -0.4 is 10.2 Å². The maximum Gasteiger partial charge on any atom is 0 e. The van der Waals surface area contributed by atoms with Gasteiger partial charge in [0.2, 0.25) is 0 Å². The van der Waals surface area contributed by atoms with Gasteiger partial charge in [0.25, 0.3) is 0 Å². The van der Waals surface area contributed by atoms with Gasteiger partial charge < -0.3 is 20.5 Å². The van der Waals surface area contributed by atoms with E-state index in [1.54, 1.807) is 0 Å². The molecule has 0 heterocycles. The minimum absolute atomic E-state index is 0. The Morgan fingerprint density at radius 3 is 1.33 bits per heavy atom. The summed E-state index contributed by atoms with van der Waals surface area (Å²) in [6.07, 6.45) is -2.33. The molecule has 0 aliphatic carbocycles. The molecule has 0 aromatic carbocycles. The summed E-state index contributed by atoms with van der Waals surface area (Å²) in [6, 6.07) is 0. The van der Waals surface area contributed by atoms with E-state index in [2.05, 4.69) is 0 Å². The third-order valence-corrected chi connectivity index (χ3v) is 0. The average Bonchev–Trinajstić information content (AvgIpc) is 0.811. The first-order chi connectivity index (χ1) is 1.73. The largest absolute Gasteiger partial charge is 0.652 e. The van der Waals surface area contributed by atoms with Crippen molar-refractivity contribution in [1.29, 1.82) is 0 Å². The van der Waals surface area contributed by atoms with Gasteiger partial charge in [-0.05, 0) is 6.16 Å². The summed E-state index contributed by atoms with van der Waals surface area (Å²) in [4.78, 5) is 8.33. The number of hydrogen-bond acceptors (Lipinski definition) is 3. The number of carbonyl (C=O) groups excluding carboxylic acids is 1. The smallest absolute Gasteiger partial charge is 0 e. The van der Waals surface area contributed by atoms with Crippen LogP contribution in [-0.2, 0) is 0 Å². The quantitative estimate of drug-likeness (QED) is 0.425. The van der Waals surface area contributed by atoms with Crippen molar-refractivity contribution in [3.8, 4) is 0 Å². The summed E-state index contributed by atoms with van der Waals surface area (Å²) in [5.74, 6) is 0. The van der Waals surface area contributed by atoms with Gasteiger partial charge in [-0.15, -0.1) is 0 Å². The van der Waals surface area contributed by atoms with Crippen molar-refractivity contribution in [2.24, 2.45) is 0 Å². The molecule has 1 radical (unpaired) electrons. The molecule has 5 heteroatoms. The van der Waals surface area contributed by atoms with Crippen LogP contribution in [0.4, 0.5) is 4.79 Å². The molecule has 0 aromatic heterocycles. The van der Waals surface area contributed by atoms with Gasteiger partial charge in [-0.1, -0.05) is 0 Å². The molecule has 0 unspecified atom stereocenters. The van der Waals surface area contributed by atoms with Crippen LogP contribution in [0, 0.1) is 35.6 Å². The van der Waals surface area contributed by atoms with E-state index in [-0.39, 0.29) is 41.1 Å². The van der Waals surface area contributed by atoms with Crippen molar-refractivity contribution in [3.05, 3.63) is 0 Å². The maximum absolute atomic E-state index is 8.33. The molecule has 35 valence electrons. The Morgan fingerprint density at radius 2 is 1.33 bits per heavy atom. The van der Waals surface area contributed by atoms with Gasteiger partial charge in [0, 0.05) is 35.6 Å². The SMILES string of the molecule is O.O=C([O-])[O-].[La]. The van der Waals surface area contributed by atoms with Crippen LogP contribution in [0.5, 0.6) is 0 Å². The fourth-order valence-corrected chi connectivity index (χ4v) is 0. The standard InChI is InChI=1S/CH2O3.La.H2O/c2-1(3)4;;/h(H2,2,3,4);;1H2/p-2. The Hall–Kier alpha value is 0.425. The molecule has 0 saturated heterocycles. The Balaban J connectivity index is -0.0000000450. The van der Waals surface area contributed by atoms with E-state index >= 15 is 0 Å². The van der Waals surface area contributed by atoms with Crippen molar-refractivity contribution < 1.29 is 56.1 Å². The van der Waals surface area contributed by atoms with Crippen LogP contribution in [0.1, 0.15) is 0 Å². The Labute approximate surface area is 62.1 Å². The average molecular weight is 217 g/mol. The van der Waals surface area contributed by atoms with Crippen molar-refractivity contribution in [2.45, 2.75) is 0 Å². The minimum Gasteiger partial charge on any atom is -0.652 e. The second kappa shape index (κ2) is 9.06. The van der Waals surface area contributed by atoms with Gasteiger partial charge in [0.05, 0.1) is 0 Å². The van der Waals surface area contributed by atoms with Crippen LogP contribution >= 0.6 is 0 Å². The Bertz CT molecular complexity index is 30.5. The number of carboxylic acid groups (broad SMARTS) is 2. The zero-order valence-corrected chi connectivity index (χ0v) is 6.43. The molecule has 0 aromatic rings. The number of carbonyl (C=O) groups is 1. The Kier molecular flexibility index (Phi) is 24.3. The van der Waals surface area contributed by atoms with Crippen molar-refractivity contribution in [3.63, 3.8) is 0 Å². The first kappa shape index (κ1) is 16.1. The predicted molar refractivity (Wildman–Crippen MR) is 9.01 cm³/mol. The molecule has 0 saturated carbocycles. The molecule has 6 heavy (non-hydrogen) atoms. The second-order valence-electron chi connectivity index (χ2n) is 0.250. The van der Waals surface area contributed by atoms with E-state index in [0.717, 1.165) is 0 Å². The van der Waals surface area contributed by atoms with E-state index in [1.165, 1.54) is 0 Å². The minimum atomic E-state index is -2.33. The Morgan fingerprint density at radius 1 is 1.33 bits per heavy atom. The molecule has 0 rings (SSSR count). The second-order valence-corrected chi connectivity index (χ2v) is 0.250. The molecule has 2 N–H and O–H groups in total. The van der Waals surface area contributed by atoms with Crippen molar-refractivity contribution in [1.82, 2.24) is 0 Å². The normalized spacial score (nSPS) is 4.00. The topological polar surface area (TPSA) is 94.7 Å². The first-order valence-electron chi connectivity index (χ1n) is 0.612. The first-order valence-corrected chi connectivity index (χ1v) is 0.612. The van der Waals surface area contributed by atoms with E-state index in [4.69, 9.17) is 15.0 Å². The summed E-state index contributed by atoms with van der Waals surface area (Å²) in [5, 5.41) is 16.7. The van der Waals surface area contributed by atoms with Gasteiger partial charge >= 0.3 is 0 Å². The van der Waals surface area contributed by atoms with E-state index < -0.39 is 6.16 Å². The monoisotopic (exact) mass is 217 g/mol. The van der Waals surface area contributed by atoms with E-state index in [9.17, 15) is 0 Å². The zero-order chi connectivity index (χ0) is 3.58. The zero-order valence-electron chi connectivity index (χ0n) is 2.80. The molecular formula is CH2LaO4-2. The summed E-state index contributed by atoms with van der Waals surface area (Å²) in [7, 11) is 0. The maximum atomic E-state index is 8.33.